The molecule has 1 saturated heterocycles. The minimum absolute atomic E-state index is 0.244. The summed E-state index contributed by atoms with van der Waals surface area (Å²) in [6.45, 7) is 3.63. The van der Waals surface area contributed by atoms with Gasteiger partial charge in [0.15, 0.2) is 9.84 Å². The number of rotatable bonds is 2. The Morgan fingerprint density at radius 3 is 2.54 bits per heavy atom. The topological polar surface area (TPSA) is 34.1 Å². The molecule has 0 aromatic carbocycles. The number of terminal acetylenes is 1. The lowest BCUT2D eigenvalue weighted by Crippen LogP contribution is -2.33. The first-order chi connectivity index (χ1) is 5.92. The van der Waals surface area contributed by atoms with Crippen LogP contribution in [0.2, 0.25) is 0 Å². The summed E-state index contributed by atoms with van der Waals surface area (Å²) in [5.41, 5.74) is 0. The van der Waals surface area contributed by atoms with E-state index >= 15 is 0 Å². The summed E-state index contributed by atoms with van der Waals surface area (Å²) in [6.07, 6.45) is 7.46. The molecule has 1 fully saturated rings. The van der Waals surface area contributed by atoms with Crippen LogP contribution in [0.4, 0.5) is 0 Å². The van der Waals surface area contributed by atoms with E-state index in [9.17, 15) is 8.42 Å². The van der Waals surface area contributed by atoms with E-state index < -0.39 is 14.6 Å². The van der Waals surface area contributed by atoms with Gasteiger partial charge in [0.1, 0.15) is 0 Å². The highest BCUT2D eigenvalue weighted by molar-refractivity contribution is 7.93. The van der Waals surface area contributed by atoms with Gasteiger partial charge in [0.25, 0.3) is 0 Å². The third-order valence-electron chi connectivity index (χ3n) is 3.16. The Bertz CT molecular complexity index is 319. The molecule has 1 unspecified atom stereocenters. The van der Waals surface area contributed by atoms with Gasteiger partial charge < -0.3 is 0 Å². The summed E-state index contributed by atoms with van der Waals surface area (Å²) in [7, 11) is -2.87. The Balaban J connectivity index is 2.78. The number of sulfone groups is 1. The normalized spacial score (nSPS) is 29.8. The molecule has 0 saturated carbocycles. The van der Waals surface area contributed by atoms with Gasteiger partial charge in [0.05, 0.1) is 10.5 Å². The first kappa shape index (κ1) is 10.6. The van der Waals surface area contributed by atoms with Gasteiger partial charge in [-0.3, -0.25) is 0 Å². The molecule has 3 heteroatoms. The SMILES string of the molecule is C#CCCC1CCS(=O)(=O)C1(C)C. The van der Waals surface area contributed by atoms with Crippen LogP contribution in [-0.2, 0) is 9.84 Å². The Kier molecular flexibility index (Phi) is 2.72. The summed E-state index contributed by atoms with van der Waals surface area (Å²) >= 11 is 0. The molecule has 0 aliphatic carbocycles. The van der Waals surface area contributed by atoms with E-state index in [1.54, 1.807) is 0 Å². The standard InChI is InChI=1S/C10H16O2S/c1-4-5-6-9-7-8-13(11,12)10(9,2)3/h1,9H,5-8H2,2-3H3. The second kappa shape index (κ2) is 3.34. The molecule has 1 aliphatic rings. The van der Waals surface area contributed by atoms with Crippen molar-refractivity contribution in [1.82, 2.24) is 0 Å². The lowest BCUT2D eigenvalue weighted by atomic mass is 9.89. The van der Waals surface area contributed by atoms with Gasteiger partial charge in [0.2, 0.25) is 0 Å². The fraction of sp³-hybridized carbons (Fsp3) is 0.800. The van der Waals surface area contributed by atoms with Crippen LogP contribution in [0.25, 0.3) is 0 Å². The van der Waals surface area contributed by atoms with Crippen LogP contribution in [0.5, 0.6) is 0 Å². The van der Waals surface area contributed by atoms with Crippen molar-refractivity contribution < 1.29 is 8.42 Å². The van der Waals surface area contributed by atoms with Gasteiger partial charge in [-0.05, 0) is 32.6 Å². The molecule has 1 rings (SSSR count). The third kappa shape index (κ3) is 1.73. The van der Waals surface area contributed by atoms with Crippen molar-refractivity contribution in [2.24, 2.45) is 5.92 Å². The molecule has 1 atom stereocenters. The van der Waals surface area contributed by atoms with Crippen molar-refractivity contribution >= 4 is 9.84 Å². The lowest BCUT2D eigenvalue weighted by Gasteiger charge is -2.24. The maximum atomic E-state index is 11.6. The van der Waals surface area contributed by atoms with Crippen molar-refractivity contribution in [2.45, 2.75) is 37.9 Å². The molecule has 13 heavy (non-hydrogen) atoms. The first-order valence-electron chi connectivity index (χ1n) is 4.57. The number of hydrogen-bond acceptors (Lipinski definition) is 2. The minimum Gasteiger partial charge on any atom is -0.228 e. The molecular weight excluding hydrogens is 184 g/mol. The van der Waals surface area contributed by atoms with Gasteiger partial charge >= 0.3 is 0 Å². The van der Waals surface area contributed by atoms with Gasteiger partial charge in [-0.25, -0.2) is 8.42 Å². The van der Waals surface area contributed by atoms with Gasteiger partial charge in [-0.15, -0.1) is 12.3 Å². The Hall–Kier alpha value is -0.490. The molecule has 0 radical (unpaired) electrons. The van der Waals surface area contributed by atoms with Crippen LogP contribution >= 0.6 is 0 Å². The van der Waals surface area contributed by atoms with Crippen molar-refractivity contribution in [3.63, 3.8) is 0 Å². The molecule has 74 valence electrons. The third-order valence-corrected chi connectivity index (χ3v) is 5.87. The van der Waals surface area contributed by atoms with Crippen LogP contribution in [0.1, 0.15) is 33.1 Å². The van der Waals surface area contributed by atoms with E-state index in [0.29, 0.717) is 12.2 Å². The summed E-state index contributed by atoms with van der Waals surface area (Å²) in [6, 6.07) is 0. The predicted octanol–water partition coefficient (Wildman–Crippen LogP) is 1.61. The van der Waals surface area contributed by atoms with Crippen LogP contribution in [0.3, 0.4) is 0 Å². The molecule has 0 aromatic rings. The van der Waals surface area contributed by atoms with Crippen LogP contribution in [0.15, 0.2) is 0 Å². The molecular formula is C10H16O2S. The molecule has 0 N–H and O–H groups in total. The van der Waals surface area contributed by atoms with E-state index in [2.05, 4.69) is 5.92 Å². The van der Waals surface area contributed by atoms with E-state index in [0.717, 1.165) is 12.8 Å². The second-order valence-corrected chi connectivity index (χ2v) is 6.84. The first-order valence-corrected chi connectivity index (χ1v) is 6.23. The smallest absolute Gasteiger partial charge is 0.155 e. The zero-order chi connectivity index (χ0) is 10.1. The second-order valence-electron chi connectivity index (χ2n) is 4.15. The average molecular weight is 200 g/mol. The highest BCUT2D eigenvalue weighted by atomic mass is 32.2. The number of hydrogen-bond donors (Lipinski definition) is 0. The van der Waals surface area contributed by atoms with E-state index in [4.69, 9.17) is 6.42 Å². The monoisotopic (exact) mass is 200 g/mol. The van der Waals surface area contributed by atoms with Crippen LogP contribution in [-0.4, -0.2) is 18.9 Å². The fourth-order valence-corrected chi connectivity index (χ4v) is 3.78. The fourth-order valence-electron chi connectivity index (χ4n) is 1.91. The lowest BCUT2D eigenvalue weighted by molar-refractivity contribution is 0.399. The molecule has 0 spiro atoms. The van der Waals surface area contributed by atoms with Crippen molar-refractivity contribution in [1.29, 1.82) is 0 Å². The molecule has 0 bridgehead atoms. The minimum atomic E-state index is -2.87. The van der Waals surface area contributed by atoms with Crippen molar-refractivity contribution in [3.8, 4) is 12.3 Å². The molecule has 0 aromatic heterocycles. The molecule has 1 heterocycles. The predicted molar refractivity (Wildman–Crippen MR) is 54.0 cm³/mol. The van der Waals surface area contributed by atoms with Gasteiger partial charge in [-0.2, -0.15) is 0 Å². The summed E-state index contributed by atoms with van der Waals surface area (Å²) in [4.78, 5) is 0. The van der Waals surface area contributed by atoms with E-state index in [-0.39, 0.29) is 5.92 Å². The van der Waals surface area contributed by atoms with Gasteiger partial charge in [-0.1, -0.05) is 0 Å². The average Bonchev–Trinajstić information content (AvgIpc) is 2.21. The zero-order valence-corrected chi connectivity index (χ0v) is 9.02. The van der Waals surface area contributed by atoms with E-state index in [1.165, 1.54) is 0 Å². The summed E-state index contributed by atoms with van der Waals surface area (Å²) in [5, 5.41) is 0. The van der Waals surface area contributed by atoms with Crippen molar-refractivity contribution in [2.75, 3.05) is 5.75 Å². The Labute approximate surface area is 80.6 Å². The largest absolute Gasteiger partial charge is 0.228 e. The maximum absolute atomic E-state index is 11.6. The molecule has 2 nitrogen and oxygen atoms in total. The molecule has 1 aliphatic heterocycles. The Morgan fingerprint density at radius 1 is 1.54 bits per heavy atom. The highest BCUT2D eigenvalue weighted by Crippen LogP contribution is 2.39. The molecule has 0 amide bonds. The maximum Gasteiger partial charge on any atom is 0.155 e. The van der Waals surface area contributed by atoms with Crippen molar-refractivity contribution in [3.05, 3.63) is 0 Å². The quantitative estimate of drug-likeness (QED) is 0.635. The van der Waals surface area contributed by atoms with Gasteiger partial charge in [0, 0.05) is 6.42 Å². The van der Waals surface area contributed by atoms with E-state index in [1.807, 2.05) is 13.8 Å². The summed E-state index contributed by atoms with van der Waals surface area (Å²) in [5.74, 6) is 3.14. The Morgan fingerprint density at radius 2 is 2.15 bits per heavy atom. The zero-order valence-electron chi connectivity index (χ0n) is 8.21. The summed E-state index contributed by atoms with van der Waals surface area (Å²) < 4.78 is 22.6. The highest BCUT2D eigenvalue weighted by Gasteiger charge is 2.46. The van der Waals surface area contributed by atoms with Crippen LogP contribution < -0.4 is 0 Å². The van der Waals surface area contributed by atoms with Crippen LogP contribution in [0, 0.1) is 18.3 Å².